The third-order valence-corrected chi connectivity index (χ3v) is 2.54. The molecule has 6 heteroatoms. The van der Waals surface area contributed by atoms with Gasteiger partial charge in [0.15, 0.2) is 0 Å². The van der Waals surface area contributed by atoms with Gasteiger partial charge in [-0.05, 0) is 13.3 Å². The Bertz CT molecular complexity index is 389. The lowest BCUT2D eigenvalue weighted by Gasteiger charge is -2.27. The van der Waals surface area contributed by atoms with Gasteiger partial charge in [0, 0.05) is 6.20 Å². The predicted octanol–water partition coefficient (Wildman–Crippen LogP) is 0.871. The van der Waals surface area contributed by atoms with Gasteiger partial charge in [0.25, 0.3) is 5.91 Å². The fraction of sp³-hybridized carbons (Fsp3) is 0.545. The van der Waals surface area contributed by atoms with E-state index >= 15 is 0 Å². The van der Waals surface area contributed by atoms with E-state index < -0.39 is 11.5 Å². The van der Waals surface area contributed by atoms with E-state index in [-0.39, 0.29) is 5.91 Å². The molecule has 1 aromatic rings. The number of carbonyl (C=O) groups is 2. The van der Waals surface area contributed by atoms with Crippen LogP contribution in [0.2, 0.25) is 0 Å². The van der Waals surface area contributed by atoms with Gasteiger partial charge in [-0.2, -0.15) is 5.10 Å². The second-order valence-electron chi connectivity index (χ2n) is 4.01. The molecule has 0 aliphatic rings. The summed E-state index contributed by atoms with van der Waals surface area (Å²) in [6.07, 6.45) is 4.15. The highest BCUT2D eigenvalue weighted by molar-refractivity contribution is 5.97. The van der Waals surface area contributed by atoms with Gasteiger partial charge < -0.3 is 10.1 Å². The fourth-order valence-electron chi connectivity index (χ4n) is 1.64. The molecule has 0 bridgehead atoms. The molecule has 6 nitrogen and oxygen atoms in total. The third kappa shape index (κ3) is 3.05. The van der Waals surface area contributed by atoms with Gasteiger partial charge in [0.2, 0.25) is 0 Å². The summed E-state index contributed by atoms with van der Waals surface area (Å²) in [5, 5.41) is 8.90. The van der Waals surface area contributed by atoms with Crippen molar-refractivity contribution in [1.29, 1.82) is 0 Å². The number of nitrogens with zero attached hydrogens (tertiary/aromatic N) is 1. The molecule has 0 radical (unpaired) electrons. The van der Waals surface area contributed by atoms with E-state index in [4.69, 9.17) is 4.74 Å². The van der Waals surface area contributed by atoms with Crippen LogP contribution in [0, 0.1) is 0 Å². The van der Waals surface area contributed by atoms with Crippen molar-refractivity contribution in [2.24, 2.45) is 0 Å². The molecule has 0 aliphatic carbocycles. The van der Waals surface area contributed by atoms with E-state index in [1.807, 2.05) is 6.92 Å². The minimum absolute atomic E-state index is 0.347. The number of nitrogens with one attached hydrogen (secondary N) is 2. The molecule has 1 amide bonds. The Labute approximate surface area is 99.7 Å². The highest BCUT2D eigenvalue weighted by atomic mass is 16.5. The van der Waals surface area contributed by atoms with Crippen LogP contribution in [0.25, 0.3) is 0 Å². The number of aromatic nitrogens is 2. The molecule has 0 spiro atoms. The molecule has 17 heavy (non-hydrogen) atoms. The third-order valence-electron chi connectivity index (χ3n) is 2.54. The zero-order chi connectivity index (χ0) is 12.9. The van der Waals surface area contributed by atoms with Crippen LogP contribution in [0.3, 0.4) is 0 Å². The van der Waals surface area contributed by atoms with Crippen LogP contribution in [0.5, 0.6) is 0 Å². The lowest BCUT2D eigenvalue weighted by Crippen LogP contribution is -2.52. The van der Waals surface area contributed by atoms with Gasteiger partial charge in [-0.1, -0.05) is 13.3 Å². The lowest BCUT2D eigenvalue weighted by molar-refractivity contribution is -0.147. The zero-order valence-electron chi connectivity index (χ0n) is 10.2. The summed E-state index contributed by atoms with van der Waals surface area (Å²) >= 11 is 0. The van der Waals surface area contributed by atoms with Crippen molar-refractivity contribution in [1.82, 2.24) is 15.5 Å². The van der Waals surface area contributed by atoms with Gasteiger partial charge in [-0.15, -0.1) is 0 Å². The summed E-state index contributed by atoms with van der Waals surface area (Å²) in [5.74, 6) is -0.795. The van der Waals surface area contributed by atoms with Crippen molar-refractivity contribution in [3.63, 3.8) is 0 Å². The van der Waals surface area contributed by atoms with Crippen LogP contribution >= 0.6 is 0 Å². The van der Waals surface area contributed by atoms with Gasteiger partial charge >= 0.3 is 5.97 Å². The molecule has 1 unspecified atom stereocenters. The second kappa shape index (κ2) is 5.47. The van der Waals surface area contributed by atoms with E-state index in [1.165, 1.54) is 19.5 Å². The summed E-state index contributed by atoms with van der Waals surface area (Å²) in [7, 11) is 1.31. The number of aromatic amines is 1. The van der Waals surface area contributed by atoms with Crippen molar-refractivity contribution in [3.8, 4) is 0 Å². The highest BCUT2D eigenvalue weighted by Gasteiger charge is 2.35. The van der Waals surface area contributed by atoms with Crippen LogP contribution in [0.1, 0.15) is 37.0 Å². The number of hydrogen-bond acceptors (Lipinski definition) is 4. The maximum atomic E-state index is 11.8. The summed E-state index contributed by atoms with van der Waals surface area (Å²) in [5.41, 5.74) is -0.617. The van der Waals surface area contributed by atoms with Gasteiger partial charge in [-0.25, -0.2) is 4.79 Å². The summed E-state index contributed by atoms with van der Waals surface area (Å²) in [6, 6.07) is 0. The normalized spacial score (nSPS) is 13.8. The average Bonchev–Trinajstić information content (AvgIpc) is 2.81. The van der Waals surface area contributed by atoms with E-state index in [9.17, 15) is 9.59 Å². The smallest absolute Gasteiger partial charge is 0.331 e. The number of rotatable bonds is 5. The lowest BCUT2D eigenvalue weighted by atomic mass is 9.96. The molecule has 94 valence electrons. The Morgan fingerprint density at radius 1 is 1.59 bits per heavy atom. The molecule has 1 rings (SSSR count). The first-order chi connectivity index (χ1) is 8.03. The monoisotopic (exact) mass is 239 g/mol. The number of amides is 1. The van der Waals surface area contributed by atoms with Crippen molar-refractivity contribution in [3.05, 3.63) is 18.0 Å². The van der Waals surface area contributed by atoms with Gasteiger partial charge in [0.1, 0.15) is 5.54 Å². The van der Waals surface area contributed by atoms with Gasteiger partial charge in [0.05, 0.1) is 18.9 Å². The van der Waals surface area contributed by atoms with Gasteiger partial charge in [-0.3, -0.25) is 9.89 Å². The standard InChI is InChI=1S/C11H17N3O3/c1-4-5-11(2,10(16)17-3)14-9(15)8-6-12-13-7-8/h6-7H,4-5H2,1-3H3,(H,12,13)(H,14,15). The van der Waals surface area contributed by atoms with Crippen LogP contribution < -0.4 is 5.32 Å². The van der Waals surface area contributed by atoms with E-state index in [0.717, 1.165) is 6.42 Å². The van der Waals surface area contributed by atoms with E-state index in [2.05, 4.69) is 15.5 Å². The van der Waals surface area contributed by atoms with Crippen molar-refractivity contribution < 1.29 is 14.3 Å². The number of H-pyrrole nitrogens is 1. The molecule has 2 N–H and O–H groups in total. The number of esters is 1. The molecule has 0 aliphatic heterocycles. The fourth-order valence-corrected chi connectivity index (χ4v) is 1.64. The van der Waals surface area contributed by atoms with E-state index in [0.29, 0.717) is 12.0 Å². The molecule has 0 saturated heterocycles. The number of carbonyl (C=O) groups excluding carboxylic acids is 2. The summed E-state index contributed by atoms with van der Waals surface area (Å²) < 4.78 is 4.71. The van der Waals surface area contributed by atoms with Crippen LogP contribution in [-0.4, -0.2) is 34.7 Å². The minimum atomic E-state index is -1.00. The second-order valence-corrected chi connectivity index (χ2v) is 4.01. The maximum absolute atomic E-state index is 11.8. The number of hydrogen-bond donors (Lipinski definition) is 2. The molecule has 0 aromatic carbocycles. The topological polar surface area (TPSA) is 84.1 Å². The molecule has 1 heterocycles. The number of methoxy groups -OCH3 is 1. The van der Waals surface area contributed by atoms with E-state index in [1.54, 1.807) is 6.92 Å². The molecular formula is C11H17N3O3. The van der Waals surface area contributed by atoms with Crippen LogP contribution in [0.15, 0.2) is 12.4 Å². The van der Waals surface area contributed by atoms with Crippen LogP contribution in [-0.2, 0) is 9.53 Å². The molecule has 0 fully saturated rings. The van der Waals surface area contributed by atoms with Crippen molar-refractivity contribution >= 4 is 11.9 Å². The quantitative estimate of drug-likeness (QED) is 0.747. The Morgan fingerprint density at radius 2 is 2.29 bits per heavy atom. The summed E-state index contributed by atoms with van der Waals surface area (Å²) in [6.45, 7) is 3.59. The molecule has 1 aromatic heterocycles. The first kappa shape index (κ1) is 13.2. The zero-order valence-corrected chi connectivity index (χ0v) is 10.2. The summed E-state index contributed by atoms with van der Waals surface area (Å²) in [4.78, 5) is 23.5. The SMILES string of the molecule is CCCC(C)(NC(=O)c1cn[nH]c1)C(=O)OC. The largest absolute Gasteiger partial charge is 0.467 e. The van der Waals surface area contributed by atoms with Crippen LogP contribution in [0.4, 0.5) is 0 Å². The molecular weight excluding hydrogens is 222 g/mol. The Morgan fingerprint density at radius 3 is 2.76 bits per heavy atom. The molecule has 0 saturated carbocycles. The first-order valence-electron chi connectivity index (χ1n) is 5.43. The molecule has 1 atom stereocenters. The average molecular weight is 239 g/mol. The predicted molar refractivity (Wildman–Crippen MR) is 61.4 cm³/mol. The highest BCUT2D eigenvalue weighted by Crippen LogP contribution is 2.15. The minimum Gasteiger partial charge on any atom is -0.467 e. The Kier molecular flexibility index (Phi) is 4.25. The van der Waals surface area contributed by atoms with Crippen molar-refractivity contribution in [2.45, 2.75) is 32.2 Å². The van der Waals surface area contributed by atoms with Crippen molar-refractivity contribution in [2.75, 3.05) is 7.11 Å². The number of ether oxygens (including phenoxy) is 1. The Hall–Kier alpha value is -1.85. The first-order valence-corrected chi connectivity index (χ1v) is 5.43. The maximum Gasteiger partial charge on any atom is 0.331 e. The Balaban J connectivity index is 2.80.